The fraction of sp³-hybridized carbons (Fsp3) is 0.333. The van der Waals surface area contributed by atoms with Crippen LogP contribution >= 0.6 is 11.8 Å². The van der Waals surface area contributed by atoms with Gasteiger partial charge in [-0.1, -0.05) is 6.07 Å². The number of hydrogen-bond acceptors (Lipinski definition) is 3. The lowest BCUT2D eigenvalue weighted by Crippen LogP contribution is -2.25. The first-order valence-corrected chi connectivity index (χ1v) is 7.84. The van der Waals surface area contributed by atoms with Crippen molar-refractivity contribution in [2.45, 2.75) is 24.7 Å². The fourth-order valence-corrected chi connectivity index (χ4v) is 2.40. The van der Waals surface area contributed by atoms with Crippen molar-refractivity contribution in [3.63, 3.8) is 0 Å². The number of nitrogens with zero attached hydrogens (tertiary/aromatic N) is 1. The average molecular weight is 289 g/mol. The molecule has 0 spiro atoms. The molecule has 0 atom stereocenters. The van der Waals surface area contributed by atoms with E-state index in [-0.39, 0.29) is 5.91 Å². The molecule has 2 rings (SSSR count). The molecule has 5 heteroatoms. The van der Waals surface area contributed by atoms with Crippen LogP contribution in [0.15, 0.2) is 35.5 Å². The number of rotatable bonds is 6. The third-order valence-corrected chi connectivity index (χ3v) is 3.85. The van der Waals surface area contributed by atoms with Crippen molar-refractivity contribution in [2.24, 2.45) is 0 Å². The van der Waals surface area contributed by atoms with Crippen LogP contribution in [0.25, 0.3) is 0 Å². The number of hydrogen-bond donors (Lipinski definition) is 2. The Labute approximate surface area is 123 Å². The second kappa shape index (κ2) is 7.14. The number of nitrogens with one attached hydrogen (secondary N) is 2. The Hall–Kier alpha value is -1.75. The lowest BCUT2D eigenvalue weighted by Gasteiger charge is -2.08. The van der Waals surface area contributed by atoms with Crippen molar-refractivity contribution < 1.29 is 4.79 Å². The number of aromatic nitrogens is 2. The van der Waals surface area contributed by atoms with Gasteiger partial charge in [0.15, 0.2) is 0 Å². The number of aromatic amines is 1. The largest absolute Gasteiger partial charge is 0.352 e. The van der Waals surface area contributed by atoms with Crippen molar-refractivity contribution in [1.82, 2.24) is 15.3 Å². The molecule has 1 aromatic carbocycles. The number of imidazole rings is 1. The second-order valence-electron chi connectivity index (χ2n) is 4.58. The summed E-state index contributed by atoms with van der Waals surface area (Å²) in [7, 11) is 0. The predicted molar refractivity (Wildman–Crippen MR) is 82.2 cm³/mol. The van der Waals surface area contributed by atoms with Gasteiger partial charge < -0.3 is 10.3 Å². The monoisotopic (exact) mass is 289 g/mol. The van der Waals surface area contributed by atoms with E-state index in [0.29, 0.717) is 6.54 Å². The van der Waals surface area contributed by atoms with Gasteiger partial charge >= 0.3 is 0 Å². The normalized spacial score (nSPS) is 10.5. The zero-order chi connectivity index (χ0) is 14.4. The minimum atomic E-state index is -0.00200. The van der Waals surface area contributed by atoms with E-state index in [1.54, 1.807) is 18.0 Å². The fourth-order valence-electron chi connectivity index (χ4n) is 1.96. The van der Waals surface area contributed by atoms with E-state index in [4.69, 9.17) is 0 Å². The number of benzene rings is 1. The van der Waals surface area contributed by atoms with Crippen LogP contribution in [0.5, 0.6) is 0 Å². The molecule has 1 heterocycles. The van der Waals surface area contributed by atoms with Gasteiger partial charge in [-0.25, -0.2) is 4.98 Å². The molecule has 0 fully saturated rings. The number of carbonyl (C=O) groups is 1. The minimum Gasteiger partial charge on any atom is -0.352 e. The topological polar surface area (TPSA) is 57.8 Å². The molecule has 4 nitrogen and oxygen atoms in total. The molecule has 2 N–H and O–H groups in total. The molecule has 0 aliphatic carbocycles. The summed E-state index contributed by atoms with van der Waals surface area (Å²) in [6.07, 6.45) is 7.28. The van der Waals surface area contributed by atoms with E-state index in [0.717, 1.165) is 34.7 Å². The summed E-state index contributed by atoms with van der Waals surface area (Å²) in [4.78, 5) is 20.5. The first-order valence-electron chi connectivity index (χ1n) is 6.62. The van der Waals surface area contributed by atoms with Crippen LogP contribution in [0.1, 0.15) is 28.2 Å². The lowest BCUT2D eigenvalue weighted by molar-refractivity contribution is 0.0952. The molecule has 1 aromatic heterocycles. The van der Waals surface area contributed by atoms with E-state index in [9.17, 15) is 4.79 Å². The van der Waals surface area contributed by atoms with Gasteiger partial charge in [0.1, 0.15) is 5.82 Å². The molecule has 0 saturated heterocycles. The number of amides is 1. The van der Waals surface area contributed by atoms with Gasteiger partial charge in [-0.05, 0) is 37.3 Å². The Bertz CT molecular complexity index is 567. The third-order valence-electron chi connectivity index (χ3n) is 3.12. The highest BCUT2D eigenvalue weighted by Gasteiger charge is 2.09. The number of H-pyrrole nitrogens is 1. The molecule has 0 radical (unpaired) electrons. The number of thioether (sulfide) groups is 1. The third kappa shape index (κ3) is 3.87. The molecule has 0 unspecified atom stereocenters. The molecular formula is C15H19N3OS. The smallest absolute Gasteiger partial charge is 0.251 e. The van der Waals surface area contributed by atoms with Crippen molar-refractivity contribution in [2.75, 3.05) is 12.8 Å². The summed E-state index contributed by atoms with van der Waals surface area (Å²) in [6, 6.07) is 5.97. The first kappa shape index (κ1) is 14.7. The maximum atomic E-state index is 12.2. The second-order valence-corrected chi connectivity index (χ2v) is 5.46. The molecule has 0 aliphatic rings. The van der Waals surface area contributed by atoms with Crippen molar-refractivity contribution in [3.8, 4) is 0 Å². The van der Waals surface area contributed by atoms with Crippen LogP contribution in [-0.4, -0.2) is 28.7 Å². The van der Waals surface area contributed by atoms with Crippen molar-refractivity contribution in [3.05, 3.63) is 47.5 Å². The highest BCUT2D eigenvalue weighted by molar-refractivity contribution is 7.98. The van der Waals surface area contributed by atoms with Gasteiger partial charge in [0, 0.05) is 35.8 Å². The summed E-state index contributed by atoms with van der Waals surface area (Å²) in [5, 5.41) is 2.96. The lowest BCUT2D eigenvalue weighted by atomic mass is 10.1. The van der Waals surface area contributed by atoms with Crippen molar-refractivity contribution in [1.29, 1.82) is 0 Å². The summed E-state index contributed by atoms with van der Waals surface area (Å²) < 4.78 is 0. The summed E-state index contributed by atoms with van der Waals surface area (Å²) in [5.74, 6) is 0.956. The van der Waals surface area contributed by atoms with Crippen LogP contribution in [0, 0.1) is 6.92 Å². The van der Waals surface area contributed by atoms with E-state index in [1.807, 2.05) is 37.6 Å². The molecule has 20 heavy (non-hydrogen) atoms. The van der Waals surface area contributed by atoms with E-state index in [1.165, 1.54) is 0 Å². The number of aryl methyl sites for hydroxylation is 2. The highest BCUT2D eigenvalue weighted by Crippen LogP contribution is 2.18. The quantitative estimate of drug-likeness (QED) is 0.635. The standard InChI is InChI=1S/C15H19N3OS/c1-11-5-6-12(20-2)10-13(11)15(19)18-7-3-4-14-16-8-9-17-14/h5-6,8-10H,3-4,7H2,1-2H3,(H,16,17)(H,18,19). The molecule has 106 valence electrons. The summed E-state index contributed by atoms with van der Waals surface area (Å²) >= 11 is 1.64. The van der Waals surface area contributed by atoms with Crippen LogP contribution in [0.2, 0.25) is 0 Å². The molecule has 1 amide bonds. The predicted octanol–water partition coefficient (Wildman–Crippen LogP) is 2.80. The maximum Gasteiger partial charge on any atom is 0.251 e. The summed E-state index contributed by atoms with van der Waals surface area (Å²) in [6.45, 7) is 2.62. The Morgan fingerprint density at radius 2 is 2.30 bits per heavy atom. The van der Waals surface area contributed by atoms with E-state index in [2.05, 4.69) is 15.3 Å². The van der Waals surface area contributed by atoms with E-state index < -0.39 is 0 Å². The highest BCUT2D eigenvalue weighted by atomic mass is 32.2. The first-order chi connectivity index (χ1) is 9.70. The number of carbonyl (C=O) groups excluding carboxylic acids is 1. The molecule has 0 aliphatic heterocycles. The van der Waals surface area contributed by atoms with Gasteiger partial charge in [0.25, 0.3) is 5.91 Å². The van der Waals surface area contributed by atoms with Gasteiger partial charge in [-0.2, -0.15) is 0 Å². The van der Waals surface area contributed by atoms with Gasteiger partial charge in [0.2, 0.25) is 0 Å². The Morgan fingerprint density at radius 3 is 3.00 bits per heavy atom. The Balaban J connectivity index is 1.85. The zero-order valence-corrected chi connectivity index (χ0v) is 12.6. The van der Waals surface area contributed by atoms with Crippen LogP contribution < -0.4 is 5.32 Å². The van der Waals surface area contributed by atoms with E-state index >= 15 is 0 Å². The zero-order valence-electron chi connectivity index (χ0n) is 11.8. The van der Waals surface area contributed by atoms with Crippen LogP contribution in [-0.2, 0) is 6.42 Å². The summed E-state index contributed by atoms with van der Waals surface area (Å²) in [5.41, 5.74) is 1.76. The Kier molecular flexibility index (Phi) is 5.24. The van der Waals surface area contributed by atoms with Gasteiger partial charge in [0.05, 0.1) is 0 Å². The van der Waals surface area contributed by atoms with Gasteiger partial charge in [-0.3, -0.25) is 4.79 Å². The minimum absolute atomic E-state index is 0.00200. The molecule has 2 aromatic rings. The van der Waals surface area contributed by atoms with Gasteiger partial charge in [-0.15, -0.1) is 11.8 Å². The van der Waals surface area contributed by atoms with Crippen LogP contribution in [0.4, 0.5) is 0 Å². The molecule has 0 bridgehead atoms. The molecular weight excluding hydrogens is 270 g/mol. The maximum absolute atomic E-state index is 12.2. The average Bonchev–Trinajstić information content (AvgIpc) is 2.97. The Morgan fingerprint density at radius 1 is 1.45 bits per heavy atom. The molecule has 0 saturated carbocycles. The van der Waals surface area contributed by atoms with Crippen LogP contribution in [0.3, 0.4) is 0 Å². The SMILES string of the molecule is CSc1ccc(C)c(C(=O)NCCCc2ncc[nH]2)c1. The van der Waals surface area contributed by atoms with Crippen molar-refractivity contribution >= 4 is 17.7 Å².